The van der Waals surface area contributed by atoms with Crippen molar-refractivity contribution in [2.45, 2.75) is 25.0 Å². The van der Waals surface area contributed by atoms with Crippen LogP contribution in [0.4, 0.5) is 0 Å². The van der Waals surface area contributed by atoms with Crippen LogP contribution in [0.25, 0.3) is 0 Å². The van der Waals surface area contributed by atoms with E-state index in [1.165, 1.54) is 0 Å². The summed E-state index contributed by atoms with van der Waals surface area (Å²) < 4.78 is 5.97. The van der Waals surface area contributed by atoms with Crippen molar-refractivity contribution in [3.8, 4) is 5.75 Å². The molecule has 6 heteroatoms. The van der Waals surface area contributed by atoms with Crippen molar-refractivity contribution in [3.05, 3.63) is 29.3 Å². The minimum absolute atomic E-state index is 0.0544. The predicted molar refractivity (Wildman–Crippen MR) is 90.6 cm³/mol. The van der Waals surface area contributed by atoms with Crippen molar-refractivity contribution in [3.63, 3.8) is 0 Å². The number of thioether (sulfide) groups is 1. The van der Waals surface area contributed by atoms with E-state index in [1.54, 1.807) is 0 Å². The Morgan fingerprint density at radius 2 is 1.95 bits per heavy atom. The van der Waals surface area contributed by atoms with Crippen LogP contribution in [0, 0.1) is 0 Å². The number of halogens is 1. The van der Waals surface area contributed by atoms with Crippen LogP contribution in [-0.4, -0.2) is 59.6 Å². The first-order valence-corrected chi connectivity index (χ1v) is 9.16. The fourth-order valence-electron chi connectivity index (χ4n) is 2.90. The number of piperidine rings is 1. The number of ether oxygens (including phenoxy) is 1. The van der Waals surface area contributed by atoms with Gasteiger partial charge in [0.25, 0.3) is 0 Å². The molecule has 2 saturated heterocycles. The van der Waals surface area contributed by atoms with Gasteiger partial charge in [-0.15, -0.1) is 11.8 Å². The normalized spacial score (nSPS) is 23.7. The minimum Gasteiger partial charge on any atom is -0.490 e. The number of likely N-dealkylation sites (N-methyl/N-ethyl adjacent to an activating group) is 1. The van der Waals surface area contributed by atoms with Gasteiger partial charge in [-0.1, -0.05) is 11.6 Å². The van der Waals surface area contributed by atoms with Gasteiger partial charge in [0.1, 0.15) is 11.9 Å². The monoisotopic (exact) mass is 340 g/mol. The average Bonchev–Trinajstić information content (AvgIpc) is 2.96. The molecule has 22 heavy (non-hydrogen) atoms. The molecule has 1 aromatic rings. The number of hydrogen-bond donors (Lipinski definition) is 0. The summed E-state index contributed by atoms with van der Waals surface area (Å²) in [6, 6.07) is 7.51. The van der Waals surface area contributed by atoms with Gasteiger partial charge < -0.3 is 9.64 Å². The van der Waals surface area contributed by atoms with Gasteiger partial charge in [-0.25, -0.2) is 0 Å². The van der Waals surface area contributed by atoms with Gasteiger partial charge in [0.05, 0.1) is 6.04 Å². The second-order valence-corrected chi connectivity index (χ2v) is 7.31. The molecular weight excluding hydrogens is 320 g/mol. The summed E-state index contributed by atoms with van der Waals surface area (Å²) in [5.74, 6) is 2.99. The number of amides is 1. The Bertz CT molecular complexity index is 517. The van der Waals surface area contributed by atoms with Gasteiger partial charge in [-0.2, -0.15) is 0 Å². The Balaban J connectivity index is 1.49. The summed E-state index contributed by atoms with van der Waals surface area (Å²) in [4.78, 5) is 16.7. The molecule has 1 atom stereocenters. The van der Waals surface area contributed by atoms with Crippen LogP contribution in [0.5, 0.6) is 5.75 Å². The van der Waals surface area contributed by atoms with Crippen molar-refractivity contribution >= 4 is 29.3 Å². The maximum Gasteiger partial charge on any atom is 0.240 e. The van der Waals surface area contributed by atoms with E-state index < -0.39 is 0 Å². The first kappa shape index (κ1) is 16.0. The summed E-state index contributed by atoms with van der Waals surface area (Å²) in [5, 5.41) is 0.714. The van der Waals surface area contributed by atoms with E-state index in [9.17, 15) is 4.79 Å². The number of carbonyl (C=O) groups is 1. The number of carbonyl (C=O) groups excluding carboxylic acids is 1. The lowest BCUT2D eigenvalue weighted by Gasteiger charge is -2.34. The van der Waals surface area contributed by atoms with Crippen LogP contribution in [-0.2, 0) is 4.79 Å². The highest BCUT2D eigenvalue weighted by Crippen LogP contribution is 2.24. The molecule has 1 amide bonds. The fraction of sp³-hybridized carbons (Fsp3) is 0.562. The average molecular weight is 341 g/mol. The van der Waals surface area contributed by atoms with Crippen LogP contribution in [0.2, 0.25) is 5.02 Å². The number of nitrogens with zero attached hydrogens (tertiary/aromatic N) is 2. The van der Waals surface area contributed by atoms with Crippen LogP contribution in [0.15, 0.2) is 24.3 Å². The molecule has 0 aliphatic carbocycles. The van der Waals surface area contributed by atoms with E-state index in [0.29, 0.717) is 5.02 Å². The van der Waals surface area contributed by atoms with E-state index >= 15 is 0 Å². The quantitative estimate of drug-likeness (QED) is 0.847. The largest absolute Gasteiger partial charge is 0.490 e. The smallest absolute Gasteiger partial charge is 0.240 e. The zero-order chi connectivity index (χ0) is 15.5. The minimum atomic E-state index is 0.0544. The van der Waals surface area contributed by atoms with Gasteiger partial charge in [0, 0.05) is 42.6 Å². The molecule has 4 nitrogen and oxygen atoms in total. The summed E-state index contributed by atoms with van der Waals surface area (Å²) in [6.45, 7) is 1.57. The van der Waals surface area contributed by atoms with Crippen molar-refractivity contribution < 1.29 is 9.53 Å². The Morgan fingerprint density at radius 3 is 2.55 bits per heavy atom. The number of benzene rings is 1. The molecule has 2 aliphatic rings. The molecular formula is C16H21ClN2O2S. The van der Waals surface area contributed by atoms with Gasteiger partial charge in [0.15, 0.2) is 0 Å². The maximum atomic E-state index is 12.5. The zero-order valence-electron chi connectivity index (χ0n) is 12.7. The van der Waals surface area contributed by atoms with Gasteiger partial charge >= 0.3 is 0 Å². The lowest BCUT2D eigenvalue weighted by molar-refractivity contribution is -0.136. The standard InChI is InChI=1S/C16H21ClN2O2S/c1-18-11-22-10-15(18)16(20)19-8-6-14(7-9-19)21-13-4-2-12(17)3-5-13/h2-5,14-15H,6-11H2,1H3/t15-/m0/s1. The Morgan fingerprint density at radius 1 is 1.27 bits per heavy atom. The molecule has 0 N–H and O–H groups in total. The van der Waals surface area contributed by atoms with Crippen LogP contribution >= 0.6 is 23.4 Å². The van der Waals surface area contributed by atoms with Crippen LogP contribution < -0.4 is 4.74 Å². The predicted octanol–water partition coefficient (Wildman–Crippen LogP) is 2.71. The van der Waals surface area contributed by atoms with Crippen LogP contribution in [0.1, 0.15) is 12.8 Å². The van der Waals surface area contributed by atoms with E-state index in [4.69, 9.17) is 16.3 Å². The Hall–Kier alpha value is -0.910. The highest BCUT2D eigenvalue weighted by molar-refractivity contribution is 7.99. The summed E-state index contributed by atoms with van der Waals surface area (Å²) in [5.41, 5.74) is 0. The second kappa shape index (κ2) is 7.11. The summed E-state index contributed by atoms with van der Waals surface area (Å²) in [7, 11) is 2.03. The van der Waals surface area contributed by atoms with E-state index in [0.717, 1.165) is 43.3 Å². The third kappa shape index (κ3) is 3.70. The molecule has 0 saturated carbocycles. The number of hydrogen-bond acceptors (Lipinski definition) is 4. The second-order valence-electron chi connectivity index (χ2n) is 5.87. The Labute approximate surface area is 140 Å². The first-order valence-electron chi connectivity index (χ1n) is 7.62. The summed E-state index contributed by atoms with van der Waals surface area (Å²) >= 11 is 7.71. The van der Waals surface area contributed by atoms with Crippen molar-refractivity contribution in [2.75, 3.05) is 31.8 Å². The first-order chi connectivity index (χ1) is 10.6. The van der Waals surface area contributed by atoms with Crippen molar-refractivity contribution in [1.82, 2.24) is 9.80 Å². The molecule has 1 aromatic carbocycles. The van der Waals surface area contributed by atoms with E-state index in [-0.39, 0.29) is 18.1 Å². The van der Waals surface area contributed by atoms with E-state index in [2.05, 4.69) is 4.90 Å². The van der Waals surface area contributed by atoms with Crippen molar-refractivity contribution in [1.29, 1.82) is 0 Å². The highest BCUT2D eigenvalue weighted by Gasteiger charge is 2.33. The molecule has 3 rings (SSSR count). The van der Waals surface area contributed by atoms with Gasteiger partial charge in [-0.05, 0) is 31.3 Å². The molecule has 0 unspecified atom stereocenters. The third-order valence-electron chi connectivity index (χ3n) is 4.26. The Kier molecular flexibility index (Phi) is 5.16. The SMILES string of the molecule is CN1CSC[C@H]1C(=O)N1CCC(Oc2ccc(Cl)cc2)CC1. The van der Waals surface area contributed by atoms with Gasteiger partial charge in [0.2, 0.25) is 5.91 Å². The molecule has 0 aromatic heterocycles. The van der Waals surface area contributed by atoms with Gasteiger partial charge in [-0.3, -0.25) is 9.69 Å². The zero-order valence-corrected chi connectivity index (χ0v) is 14.3. The molecule has 2 heterocycles. The van der Waals surface area contributed by atoms with Crippen molar-refractivity contribution in [2.24, 2.45) is 0 Å². The van der Waals surface area contributed by atoms with E-state index in [1.807, 2.05) is 48.0 Å². The molecule has 0 radical (unpaired) electrons. The lowest BCUT2D eigenvalue weighted by atomic mass is 10.1. The number of likely N-dealkylation sites (tertiary alicyclic amines) is 1. The molecule has 0 bridgehead atoms. The third-order valence-corrected chi connectivity index (χ3v) is 5.65. The molecule has 2 fully saturated rings. The molecule has 120 valence electrons. The lowest BCUT2D eigenvalue weighted by Crippen LogP contribution is -2.49. The maximum absolute atomic E-state index is 12.5. The fourth-order valence-corrected chi connectivity index (χ4v) is 4.22. The molecule has 0 spiro atoms. The summed E-state index contributed by atoms with van der Waals surface area (Å²) in [6.07, 6.45) is 1.96. The number of rotatable bonds is 3. The topological polar surface area (TPSA) is 32.8 Å². The highest BCUT2D eigenvalue weighted by atomic mass is 35.5. The van der Waals surface area contributed by atoms with Crippen LogP contribution in [0.3, 0.4) is 0 Å². The molecule has 2 aliphatic heterocycles.